The van der Waals surface area contributed by atoms with Crippen LogP contribution in [0.2, 0.25) is 0 Å². The van der Waals surface area contributed by atoms with E-state index in [1.807, 2.05) is 126 Å². The third kappa shape index (κ3) is 27.8. The number of thiocarbonyl (C=S) groups is 1. The number of ketones is 1. The number of nitriles is 2. The van der Waals surface area contributed by atoms with E-state index in [0.29, 0.717) is 64.0 Å². The first-order valence-electron chi connectivity index (χ1n) is 32.8. The number of aromatic nitrogens is 1. The summed E-state index contributed by atoms with van der Waals surface area (Å²) in [6.07, 6.45) is 6.78. The summed E-state index contributed by atoms with van der Waals surface area (Å²) in [7, 11) is 4.30. The Morgan fingerprint density at radius 2 is 1.01 bits per heavy atom. The molecule has 17 nitrogen and oxygen atoms in total. The molecule has 6 aromatic rings. The number of carboxylic acids is 1. The summed E-state index contributed by atoms with van der Waals surface area (Å²) >= 11 is 18.9. The summed E-state index contributed by atoms with van der Waals surface area (Å²) in [6.45, 7) is 15.5. The van der Waals surface area contributed by atoms with Gasteiger partial charge < -0.3 is 61.0 Å². The van der Waals surface area contributed by atoms with Crippen LogP contribution < -0.4 is 91.6 Å². The minimum atomic E-state index is -0.739. The first-order chi connectivity index (χ1) is 46.2. The number of halogens is 3. The maximum Gasteiger partial charge on any atom is 1.00 e. The van der Waals surface area contributed by atoms with Gasteiger partial charge in [-0.3, -0.25) is 9.59 Å². The van der Waals surface area contributed by atoms with E-state index in [2.05, 4.69) is 109 Å². The van der Waals surface area contributed by atoms with Crippen molar-refractivity contribution >= 4 is 89.0 Å². The minimum absolute atomic E-state index is 0. The number of thiazole rings is 1. The van der Waals surface area contributed by atoms with E-state index < -0.39 is 16.8 Å². The molecule has 0 unspecified atom stereocenters. The number of Topliss-reactive ketones (excluding diaryl/α,β-unsaturated/α-hetero) is 1. The van der Waals surface area contributed by atoms with E-state index in [0.717, 1.165) is 150 Å². The number of carbonyl (C=O) groups is 2. The van der Waals surface area contributed by atoms with Crippen LogP contribution in [0.25, 0.3) is 0 Å². The van der Waals surface area contributed by atoms with Crippen molar-refractivity contribution in [1.29, 1.82) is 10.5 Å². The number of anilines is 1. The predicted molar refractivity (Wildman–Crippen MR) is 396 cm³/mol. The van der Waals surface area contributed by atoms with E-state index >= 15 is 0 Å². The molecule has 0 spiro atoms. The molecule has 0 bridgehead atoms. The molecule has 6 saturated heterocycles. The largest absolute Gasteiger partial charge is 1.00 e. The second-order valence-electron chi connectivity index (χ2n) is 24.0. The summed E-state index contributed by atoms with van der Waals surface area (Å²) < 4.78 is 26.6. The topological polar surface area (TPSA) is 230 Å². The second kappa shape index (κ2) is 49.5. The maximum atomic E-state index is 12.1. The van der Waals surface area contributed by atoms with E-state index in [1.165, 1.54) is 16.4 Å². The molecule has 7 heterocycles. The Labute approximate surface area is 679 Å². The Kier molecular flexibility index (Phi) is 45.1. The number of likely N-dealkylation sites (N-methyl/N-ethyl adjacent to an activating group) is 2. The van der Waals surface area contributed by atoms with Gasteiger partial charge >= 0.3 is 86.9 Å². The van der Waals surface area contributed by atoms with Crippen LogP contribution in [0.5, 0.6) is 0 Å². The van der Waals surface area contributed by atoms with Crippen molar-refractivity contribution in [2.45, 2.75) is 79.4 Å². The number of aliphatic carboxylic acids is 1. The van der Waals surface area contributed by atoms with Crippen molar-refractivity contribution in [3.05, 3.63) is 191 Å². The van der Waals surface area contributed by atoms with Crippen molar-refractivity contribution < 1.29 is 126 Å². The molecule has 0 radical (unpaired) electrons. The van der Waals surface area contributed by atoms with Gasteiger partial charge in [-0.1, -0.05) is 184 Å². The molecule has 0 amide bonds. The number of carbonyl (C=O) groups excluding carboxylic acids is 1. The molecule has 522 valence electrons. The molecule has 4 N–H and O–H groups in total. The van der Waals surface area contributed by atoms with Crippen molar-refractivity contribution in [3.63, 3.8) is 0 Å². The number of alkyl halides is 3. The van der Waals surface area contributed by atoms with E-state index in [4.69, 9.17) is 63.5 Å². The van der Waals surface area contributed by atoms with Crippen LogP contribution in [0, 0.1) is 22.7 Å². The van der Waals surface area contributed by atoms with E-state index in [-0.39, 0.29) is 110 Å². The number of benzene rings is 5. The Hall–Kier alpha value is -3.09. The summed E-state index contributed by atoms with van der Waals surface area (Å²) in [5.74, 6) is -0.546. The van der Waals surface area contributed by atoms with Crippen molar-refractivity contribution in [3.8, 4) is 12.1 Å². The smallest absolute Gasteiger partial charge is 1.00 e. The minimum Gasteiger partial charge on any atom is -1.00 e. The predicted octanol–water partition coefficient (Wildman–Crippen LogP) is 6.58. The number of nitrogens with zero attached hydrogens (tertiary/aromatic N) is 7. The SMILES string of the molecule is BrCCOCCBr.CN1CCN(C(N)=S)CC1.CN1CCN(c2nc(C3(c4ccccc4)CCOCC3)cs2)CC1.N#CC1(c2ccccc2)CCOCC1.N#CCc1ccccc1.O=C(CCl)C1(c2ccccc2)CCOCC1.O=C(O)C1(c2ccccc2)CCOCC1.[H-].[K+].[Na+].[OH-]. The van der Waals surface area contributed by atoms with Crippen LogP contribution in [0.1, 0.15) is 86.3 Å². The van der Waals surface area contributed by atoms with E-state index in [1.54, 1.807) is 11.3 Å². The molecule has 0 aliphatic carbocycles. The van der Waals surface area contributed by atoms with Gasteiger partial charge in [-0.2, -0.15) is 10.5 Å². The number of carboxylic acid groups (broad SMARTS) is 1. The van der Waals surface area contributed by atoms with Gasteiger partial charge in [0.25, 0.3) is 0 Å². The average molecular weight is 1560 g/mol. The summed E-state index contributed by atoms with van der Waals surface area (Å²) in [4.78, 5) is 37.8. The average Bonchev–Trinajstić information content (AvgIpc) is 1.73. The number of ether oxygens (including phenoxy) is 5. The van der Waals surface area contributed by atoms with Crippen LogP contribution in [0.4, 0.5) is 5.13 Å². The quantitative estimate of drug-likeness (QED) is 0.0508. The Balaban J connectivity index is 0.000000403. The normalized spacial score (nSPS) is 17.9. The summed E-state index contributed by atoms with van der Waals surface area (Å²) in [5, 5.41) is 32.8. The molecule has 24 heteroatoms. The number of hydrogen-bond donors (Lipinski definition) is 2. The van der Waals surface area contributed by atoms with Gasteiger partial charge in [-0.15, -0.1) is 22.9 Å². The number of rotatable bonds is 14. The molecule has 98 heavy (non-hydrogen) atoms. The first-order valence-corrected chi connectivity index (χ1v) is 36.8. The molecule has 1 aromatic heterocycles. The van der Waals surface area contributed by atoms with Gasteiger partial charge in [0.1, 0.15) is 0 Å². The third-order valence-corrected chi connectivity index (χ3v) is 20.2. The van der Waals surface area contributed by atoms with Gasteiger partial charge in [0.2, 0.25) is 0 Å². The fourth-order valence-corrected chi connectivity index (χ4v) is 14.0. The van der Waals surface area contributed by atoms with Gasteiger partial charge in [0.15, 0.2) is 16.0 Å². The zero-order valence-corrected chi connectivity index (χ0v) is 68.3. The Morgan fingerprint density at radius 3 is 1.42 bits per heavy atom. The Morgan fingerprint density at radius 1 is 0.622 bits per heavy atom. The third-order valence-electron chi connectivity index (χ3n) is 18.1. The van der Waals surface area contributed by atoms with Gasteiger partial charge in [0.05, 0.1) is 59.6 Å². The molecule has 5 aromatic carbocycles. The molecule has 12 rings (SSSR count). The van der Waals surface area contributed by atoms with Crippen LogP contribution in [0.3, 0.4) is 0 Å². The molecule has 6 aliphatic rings. The van der Waals surface area contributed by atoms with Crippen LogP contribution in [-0.4, -0.2) is 196 Å². The second-order valence-corrected chi connectivity index (χ2v) is 27.1. The maximum absolute atomic E-state index is 12.1. The van der Waals surface area contributed by atoms with Crippen molar-refractivity contribution in [1.82, 2.24) is 19.7 Å². The number of hydrogen-bond acceptors (Lipinski definition) is 16. The van der Waals surface area contributed by atoms with Gasteiger partial charge in [-0.05, 0) is 105 Å². The molecular weight excluding hydrogens is 1470 g/mol. The molecule has 0 atom stereocenters. The molecule has 6 fully saturated rings. The fraction of sp³-hybridized carbons (Fsp3) is 0.486. The van der Waals surface area contributed by atoms with Crippen LogP contribution in [-0.2, 0) is 61.4 Å². The molecular formula is C74H97Br2ClKN8NaO9S2. The van der Waals surface area contributed by atoms with Gasteiger partial charge in [-0.25, -0.2) is 4.98 Å². The zero-order chi connectivity index (χ0) is 68.0. The zero-order valence-electron chi connectivity index (χ0n) is 58.6. The van der Waals surface area contributed by atoms with Crippen LogP contribution in [0.15, 0.2) is 157 Å². The van der Waals surface area contributed by atoms with Crippen molar-refractivity contribution in [2.24, 2.45) is 5.73 Å². The first kappa shape index (κ1) is 89.1. The number of piperazine rings is 2. The Bertz CT molecular complexity index is 3210. The summed E-state index contributed by atoms with van der Waals surface area (Å²) in [6, 6.07) is 54.5. The van der Waals surface area contributed by atoms with Crippen LogP contribution >= 0.6 is 67.0 Å². The summed E-state index contributed by atoms with van der Waals surface area (Å²) in [5.41, 5.74) is 10.8. The van der Waals surface area contributed by atoms with Gasteiger partial charge in [0, 0.05) is 127 Å². The van der Waals surface area contributed by atoms with Crippen molar-refractivity contribution in [2.75, 3.05) is 154 Å². The molecule has 0 saturated carbocycles. The van der Waals surface area contributed by atoms with E-state index in [9.17, 15) is 20.0 Å². The number of nitrogens with two attached hydrogens (primary N) is 1. The standard InChI is InChI=1S/C19H25N3OS.C13H15ClO2.C12H13NO.C12H14O3.C8H7N.C6H13N3S.C4H8Br2O.K.Na.H2O.H/c1-21-9-11-22(12-10-21)18-20-17(15-24-18)19(7-13-23-14-8-19)16-5-3-2-4-6-16;14-10-12(15)13(6-8-16-9-7-13)11-4-2-1-3-5-11;13-10-12(6-8-14-9-7-12)11-4-2-1-3-5-11;13-11(14)12(6-8-15-9-7-12)10-4-2-1-3-5-10;9-7-6-8-4-2-1-3-5-8;1-8-2-4-9(5-3-8)6(7)10;5-1-3-7-4-2-6;;;;/h2-6,15H,7-14H2,1H3;1-5H,6-10H2;1-5H,6-9H2;1-5H,6-9H2,(H,13,14);1-5H,6H2;2-5H2,1H3,(H2,7,10);1-4H2;;;1H2;/q;;;;;;;2*+1;;-1/p-1. The molecule has 6 aliphatic heterocycles. The fourth-order valence-electron chi connectivity index (χ4n) is 12.1. The monoisotopic (exact) mass is 1560 g/mol.